The molecular formula is C28H34FN. The van der Waals surface area contributed by atoms with Gasteiger partial charge in [-0.1, -0.05) is 93.8 Å². The third kappa shape index (κ3) is 6.27. The first-order chi connectivity index (χ1) is 14.7. The van der Waals surface area contributed by atoms with E-state index in [1.807, 2.05) is 24.3 Å². The van der Waals surface area contributed by atoms with Gasteiger partial charge in [0.2, 0.25) is 0 Å². The molecule has 0 radical (unpaired) electrons. The Morgan fingerprint density at radius 2 is 1.30 bits per heavy atom. The average Bonchev–Trinajstić information content (AvgIpc) is 2.78. The summed E-state index contributed by atoms with van der Waals surface area (Å²) in [6, 6.07) is 22.3. The summed E-state index contributed by atoms with van der Waals surface area (Å²) < 4.78 is 14.9. The molecule has 0 saturated carbocycles. The van der Waals surface area contributed by atoms with Gasteiger partial charge in [-0.2, -0.15) is 0 Å². The van der Waals surface area contributed by atoms with E-state index in [0.717, 1.165) is 36.2 Å². The standard InChI is InChI=1S/C28H34FN/c1-3-5-7-8-22-9-13-24(14-10-22)26-17-18-27(28(29)20-26)25-15-11-23(12-16-25)21-30-19-6-4-2/h9-18,20,30H,3-8,19,21H2,1-2H3. The number of unbranched alkanes of at least 4 members (excludes halogenated alkanes) is 3. The lowest BCUT2D eigenvalue weighted by Gasteiger charge is -2.09. The lowest BCUT2D eigenvalue weighted by molar-refractivity contribution is 0.631. The molecule has 3 aromatic rings. The van der Waals surface area contributed by atoms with E-state index in [-0.39, 0.29) is 5.82 Å². The molecule has 0 unspecified atom stereocenters. The van der Waals surface area contributed by atoms with Crippen molar-refractivity contribution in [3.8, 4) is 22.3 Å². The zero-order valence-electron chi connectivity index (χ0n) is 18.4. The van der Waals surface area contributed by atoms with Gasteiger partial charge in [-0.05, 0) is 59.7 Å². The van der Waals surface area contributed by atoms with Gasteiger partial charge in [-0.15, -0.1) is 0 Å². The number of hydrogen-bond donors (Lipinski definition) is 1. The molecule has 1 nitrogen and oxygen atoms in total. The Bertz CT molecular complexity index is 897. The summed E-state index contributed by atoms with van der Waals surface area (Å²) in [5.41, 5.74) is 6.14. The number of nitrogens with one attached hydrogen (secondary N) is 1. The van der Waals surface area contributed by atoms with Crippen molar-refractivity contribution in [2.75, 3.05) is 6.54 Å². The highest BCUT2D eigenvalue weighted by atomic mass is 19.1. The highest BCUT2D eigenvalue weighted by Gasteiger charge is 2.08. The second-order valence-electron chi connectivity index (χ2n) is 8.08. The fourth-order valence-corrected chi connectivity index (χ4v) is 3.71. The zero-order valence-corrected chi connectivity index (χ0v) is 18.4. The predicted octanol–water partition coefficient (Wildman–Crippen LogP) is 7.78. The van der Waals surface area contributed by atoms with Crippen molar-refractivity contribution in [3.63, 3.8) is 0 Å². The first kappa shape index (κ1) is 22.2. The molecule has 0 aliphatic heterocycles. The molecule has 3 aromatic carbocycles. The van der Waals surface area contributed by atoms with Gasteiger partial charge in [-0.3, -0.25) is 0 Å². The summed E-state index contributed by atoms with van der Waals surface area (Å²) in [5, 5.41) is 3.44. The van der Waals surface area contributed by atoms with E-state index in [1.54, 1.807) is 6.07 Å². The van der Waals surface area contributed by atoms with E-state index in [0.29, 0.717) is 5.56 Å². The first-order valence-electron chi connectivity index (χ1n) is 11.4. The van der Waals surface area contributed by atoms with Crippen LogP contribution in [0, 0.1) is 5.82 Å². The van der Waals surface area contributed by atoms with Crippen LogP contribution in [0.4, 0.5) is 4.39 Å². The summed E-state index contributed by atoms with van der Waals surface area (Å²) in [5.74, 6) is -0.173. The lowest BCUT2D eigenvalue weighted by Crippen LogP contribution is -2.14. The topological polar surface area (TPSA) is 12.0 Å². The maximum Gasteiger partial charge on any atom is 0.131 e. The monoisotopic (exact) mass is 403 g/mol. The van der Waals surface area contributed by atoms with Crippen molar-refractivity contribution in [1.82, 2.24) is 5.32 Å². The van der Waals surface area contributed by atoms with Gasteiger partial charge in [0.25, 0.3) is 0 Å². The van der Waals surface area contributed by atoms with Crippen molar-refractivity contribution < 1.29 is 4.39 Å². The average molecular weight is 404 g/mol. The number of rotatable bonds is 11. The van der Waals surface area contributed by atoms with Crippen molar-refractivity contribution in [3.05, 3.63) is 83.7 Å². The smallest absolute Gasteiger partial charge is 0.131 e. The third-order valence-corrected chi connectivity index (χ3v) is 5.63. The summed E-state index contributed by atoms with van der Waals surface area (Å²) in [7, 11) is 0. The maximum atomic E-state index is 14.9. The summed E-state index contributed by atoms with van der Waals surface area (Å²) in [4.78, 5) is 0. The molecule has 1 N–H and O–H groups in total. The van der Waals surface area contributed by atoms with Crippen LogP contribution in [-0.4, -0.2) is 6.54 Å². The molecule has 0 aromatic heterocycles. The molecular weight excluding hydrogens is 369 g/mol. The van der Waals surface area contributed by atoms with Crippen LogP contribution in [0.5, 0.6) is 0 Å². The van der Waals surface area contributed by atoms with E-state index in [2.05, 4.69) is 55.6 Å². The molecule has 158 valence electrons. The third-order valence-electron chi connectivity index (χ3n) is 5.63. The Hall–Kier alpha value is -2.45. The van der Waals surface area contributed by atoms with E-state index >= 15 is 0 Å². The minimum atomic E-state index is -0.173. The molecule has 0 amide bonds. The van der Waals surface area contributed by atoms with Crippen molar-refractivity contribution in [1.29, 1.82) is 0 Å². The van der Waals surface area contributed by atoms with Crippen LogP contribution in [0.3, 0.4) is 0 Å². The van der Waals surface area contributed by atoms with Crippen molar-refractivity contribution in [2.24, 2.45) is 0 Å². The highest BCUT2D eigenvalue weighted by Crippen LogP contribution is 2.28. The van der Waals surface area contributed by atoms with Crippen molar-refractivity contribution >= 4 is 0 Å². The molecule has 0 spiro atoms. The van der Waals surface area contributed by atoms with Gasteiger partial charge in [0.15, 0.2) is 0 Å². The van der Waals surface area contributed by atoms with Gasteiger partial charge in [-0.25, -0.2) is 4.39 Å². The second kappa shape index (κ2) is 11.7. The van der Waals surface area contributed by atoms with Crippen LogP contribution in [0.2, 0.25) is 0 Å². The quantitative estimate of drug-likeness (QED) is 0.322. The fourth-order valence-electron chi connectivity index (χ4n) is 3.71. The molecule has 2 heteroatoms. The van der Waals surface area contributed by atoms with E-state index in [4.69, 9.17) is 0 Å². The van der Waals surface area contributed by atoms with E-state index in [1.165, 1.54) is 43.2 Å². The fraction of sp³-hybridized carbons (Fsp3) is 0.357. The number of aryl methyl sites for hydroxylation is 1. The summed E-state index contributed by atoms with van der Waals surface area (Å²) in [6.45, 7) is 6.31. The van der Waals surface area contributed by atoms with E-state index < -0.39 is 0 Å². The number of halogens is 1. The Morgan fingerprint density at radius 1 is 0.667 bits per heavy atom. The molecule has 0 aliphatic rings. The van der Waals surface area contributed by atoms with Crippen LogP contribution in [0.1, 0.15) is 57.1 Å². The predicted molar refractivity (Wildman–Crippen MR) is 127 cm³/mol. The van der Waals surface area contributed by atoms with E-state index in [9.17, 15) is 4.39 Å². The lowest BCUT2D eigenvalue weighted by atomic mass is 9.97. The van der Waals surface area contributed by atoms with Gasteiger partial charge >= 0.3 is 0 Å². The number of hydrogen-bond acceptors (Lipinski definition) is 1. The van der Waals surface area contributed by atoms with Gasteiger partial charge < -0.3 is 5.32 Å². The minimum absolute atomic E-state index is 0.173. The molecule has 30 heavy (non-hydrogen) atoms. The maximum absolute atomic E-state index is 14.9. The van der Waals surface area contributed by atoms with Crippen LogP contribution in [0.15, 0.2) is 66.7 Å². The molecule has 0 aliphatic carbocycles. The molecule has 0 fully saturated rings. The van der Waals surface area contributed by atoms with Crippen LogP contribution in [-0.2, 0) is 13.0 Å². The van der Waals surface area contributed by atoms with Gasteiger partial charge in [0.05, 0.1) is 0 Å². The Kier molecular flexibility index (Phi) is 8.65. The zero-order chi connectivity index (χ0) is 21.2. The minimum Gasteiger partial charge on any atom is -0.313 e. The van der Waals surface area contributed by atoms with Crippen LogP contribution >= 0.6 is 0 Å². The summed E-state index contributed by atoms with van der Waals surface area (Å²) in [6.07, 6.45) is 7.24. The Labute approximate surface area is 181 Å². The first-order valence-corrected chi connectivity index (χ1v) is 11.4. The van der Waals surface area contributed by atoms with Crippen molar-refractivity contribution in [2.45, 2.75) is 58.9 Å². The van der Waals surface area contributed by atoms with Crippen LogP contribution in [0.25, 0.3) is 22.3 Å². The molecule has 0 heterocycles. The normalized spacial score (nSPS) is 11.0. The second-order valence-corrected chi connectivity index (χ2v) is 8.08. The highest BCUT2D eigenvalue weighted by molar-refractivity contribution is 5.71. The molecule has 0 saturated heterocycles. The summed E-state index contributed by atoms with van der Waals surface area (Å²) >= 11 is 0. The van der Waals surface area contributed by atoms with Gasteiger partial charge in [0.1, 0.15) is 5.82 Å². The Morgan fingerprint density at radius 3 is 1.97 bits per heavy atom. The number of benzene rings is 3. The SMILES string of the molecule is CCCCCc1ccc(-c2ccc(-c3ccc(CNCCCC)cc3)c(F)c2)cc1. The molecule has 0 atom stereocenters. The molecule has 0 bridgehead atoms. The van der Waals surface area contributed by atoms with Crippen LogP contribution < -0.4 is 5.32 Å². The van der Waals surface area contributed by atoms with Gasteiger partial charge in [0, 0.05) is 12.1 Å². The largest absolute Gasteiger partial charge is 0.313 e. The Balaban J connectivity index is 1.66. The molecule has 3 rings (SSSR count).